The molecule has 0 radical (unpaired) electrons. The first-order chi connectivity index (χ1) is 9.97. The first-order valence-corrected chi connectivity index (χ1v) is 5.92. The van der Waals surface area contributed by atoms with Gasteiger partial charge in [-0.25, -0.2) is 13.6 Å². The second kappa shape index (κ2) is 5.78. The van der Waals surface area contributed by atoms with Crippen molar-refractivity contribution in [2.75, 3.05) is 14.2 Å². The van der Waals surface area contributed by atoms with Crippen molar-refractivity contribution >= 4 is 5.97 Å². The van der Waals surface area contributed by atoms with Gasteiger partial charge < -0.3 is 14.6 Å². The Kier molecular flexibility index (Phi) is 4.07. The lowest BCUT2D eigenvalue weighted by atomic mass is 10.0. The van der Waals surface area contributed by atoms with Crippen LogP contribution in [0, 0.1) is 11.6 Å². The number of benzene rings is 2. The normalized spacial score (nSPS) is 10.3. The summed E-state index contributed by atoms with van der Waals surface area (Å²) in [5.74, 6) is -2.94. The minimum absolute atomic E-state index is 0.0660. The first-order valence-electron chi connectivity index (χ1n) is 5.92. The molecule has 1 N–H and O–H groups in total. The van der Waals surface area contributed by atoms with Gasteiger partial charge in [0.15, 0.2) is 23.1 Å². The van der Waals surface area contributed by atoms with Gasteiger partial charge in [-0.1, -0.05) is 6.07 Å². The third-order valence-electron chi connectivity index (χ3n) is 2.96. The molecule has 0 aliphatic rings. The highest BCUT2D eigenvalue weighted by Gasteiger charge is 2.18. The van der Waals surface area contributed by atoms with E-state index in [0.29, 0.717) is 11.1 Å². The number of hydrogen-bond acceptors (Lipinski definition) is 3. The smallest absolute Gasteiger partial charge is 0.339 e. The number of aromatic carboxylic acids is 1. The number of halogens is 2. The van der Waals surface area contributed by atoms with Crippen molar-refractivity contribution in [2.24, 2.45) is 0 Å². The molecular formula is C15H12F2O4. The van der Waals surface area contributed by atoms with E-state index in [-0.39, 0.29) is 17.1 Å². The van der Waals surface area contributed by atoms with Crippen LogP contribution >= 0.6 is 0 Å². The van der Waals surface area contributed by atoms with Gasteiger partial charge in [-0.2, -0.15) is 0 Å². The van der Waals surface area contributed by atoms with Crippen molar-refractivity contribution in [3.63, 3.8) is 0 Å². The van der Waals surface area contributed by atoms with Crippen LogP contribution in [-0.4, -0.2) is 25.3 Å². The van der Waals surface area contributed by atoms with E-state index in [4.69, 9.17) is 9.47 Å². The molecule has 0 atom stereocenters. The minimum atomic E-state index is -1.21. The first kappa shape index (κ1) is 14.8. The van der Waals surface area contributed by atoms with Gasteiger partial charge >= 0.3 is 5.97 Å². The van der Waals surface area contributed by atoms with Crippen LogP contribution in [0.15, 0.2) is 30.3 Å². The maximum Gasteiger partial charge on any atom is 0.339 e. The molecule has 0 bridgehead atoms. The number of ether oxygens (including phenoxy) is 2. The molecule has 2 aromatic carbocycles. The van der Waals surface area contributed by atoms with Gasteiger partial charge in [0, 0.05) is 0 Å². The Hall–Kier alpha value is -2.63. The van der Waals surface area contributed by atoms with Crippen molar-refractivity contribution in [1.29, 1.82) is 0 Å². The standard InChI is InChI=1S/C15H12F2O4/c1-20-13-7-9(5-10(15(18)19)14(13)21-2)8-3-4-11(16)12(17)6-8/h3-7H,1-2H3,(H,18,19). The van der Waals surface area contributed by atoms with Crippen molar-refractivity contribution < 1.29 is 28.2 Å². The second-order valence-electron chi connectivity index (χ2n) is 4.19. The van der Waals surface area contributed by atoms with Crippen LogP contribution in [0.2, 0.25) is 0 Å². The lowest BCUT2D eigenvalue weighted by Gasteiger charge is -2.13. The van der Waals surface area contributed by atoms with Gasteiger partial charge in [-0.15, -0.1) is 0 Å². The zero-order valence-corrected chi connectivity index (χ0v) is 11.3. The molecule has 110 valence electrons. The maximum absolute atomic E-state index is 13.3. The molecule has 0 unspecified atom stereocenters. The van der Waals surface area contributed by atoms with Crippen molar-refractivity contribution in [1.82, 2.24) is 0 Å². The van der Waals surface area contributed by atoms with Crippen LogP contribution in [-0.2, 0) is 0 Å². The van der Waals surface area contributed by atoms with E-state index in [0.717, 1.165) is 12.1 Å². The predicted octanol–water partition coefficient (Wildman–Crippen LogP) is 3.35. The Morgan fingerprint density at radius 1 is 1.00 bits per heavy atom. The van der Waals surface area contributed by atoms with E-state index >= 15 is 0 Å². The molecule has 0 aliphatic carbocycles. The zero-order chi connectivity index (χ0) is 15.6. The molecule has 6 heteroatoms. The van der Waals surface area contributed by atoms with Gasteiger partial charge in [-0.05, 0) is 35.4 Å². The van der Waals surface area contributed by atoms with E-state index < -0.39 is 17.6 Å². The molecule has 0 aliphatic heterocycles. The summed E-state index contributed by atoms with van der Waals surface area (Å²) in [6, 6.07) is 6.13. The molecular weight excluding hydrogens is 282 g/mol. The fourth-order valence-electron chi connectivity index (χ4n) is 1.97. The second-order valence-corrected chi connectivity index (χ2v) is 4.19. The third-order valence-corrected chi connectivity index (χ3v) is 2.96. The third kappa shape index (κ3) is 2.79. The summed E-state index contributed by atoms with van der Waals surface area (Å²) < 4.78 is 36.4. The minimum Gasteiger partial charge on any atom is -0.493 e. The molecule has 21 heavy (non-hydrogen) atoms. The Bertz CT molecular complexity index is 698. The van der Waals surface area contributed by atoms with E-state index in [1.54, 1.807) is 0 Å². The monoisotopic (exact) mass is 294 g/mol. The summed E-state index contributed by atoms with van der Waals surface area (Å²) >= 11 is 0. The number of carboxylic acid groups (broad SMARTS) is 1. The highest BCUT2D eigenvalue weighted by atomic mass is 19.2. The molecule has 4 nitrogen and oxygen atoms in total. The molecule has 0 heterocycles. The molecule has 0 spiro atoms. The van der Waals surface area contributed by atoms with Gasteiger partial charge in [-0.3, -0.25) is 0 Å². The molecule has 0 saturated carbocycles. The number of rotatable bonds is 4. The van der Waals surface area contributed by atoms with Crippen molar-refractivity contribution in [3.05, 3.63) is 47.5 Å². The Morgan fingerprint density at radius 3 is 2.24 bits per heavy atom. The predicted molar refractivity (Wildman–Crippen MR) is 71.9 cm³/mol. The summed E-state index contributed by atoms with van der Waals surface area (Å²) in [5, 5.41) is 9.22. The van der Waals surface area contributed by atoms with E-state index in [1.165, 1.54) is 32.4 Å². The molecule has 2 aromatic rings. The lowest BCUT2D eigenvalue weighted by Crippen LogP contribution is -2.03. The van der Waals surface area contributed by atoms with Crippen LogP contribution in [0.4, 0.5) is 8.78 Å². The molecule has 0 amide bonds. The van der Waals surface area contributed by atoms with E-state index in [1.807, 2.05) is 0 Å². The maximum atomic E-state index is 13.3. The Labute approximate surface area is 119 Å². The van der Waals surface area contributed by atoms with Crippen LogP contribution < -0.4 is 9.47 Å². The average Bonchev–Trinajstić information content (AvgIpc) is 2.48. The average molecular weight is 294 g/mol. The fraction of sp³-hybridized carbons (Fsp3) is 0.133. The van der Waals surface area contributed by atoms with Gasteiger partial charge in [0.1, 0.15) is 5.56 Å². The molecule has 2 rings (SSSR count). The number of methoxy groups -OCH3 is 2. The number of carboxylic acids is 1. The number of hydrogen-bond donors (Lipinski definition) is 1. The van der Waals surface area contributed by atoms with Crippen LogP contribution in [0.1, 0.15) is 10.4 Å². The van der Waals surface area contributed by atoms with Crippen LogP contribution in [0.3, 0.4) is 0 Å². The Morgan fingerprint density at radius 2 is 1.71 bits per heavy atom. The van der Waals surface area contributed by atoms with Crippen molar-refractivity contribution in [3.8, 4) is 22.6 Å². The lowest BCUT2D eigenvalue weighted by molar-refractivity contribution is 0.0692. The fourth-order valence-corrected chi connectivity index (χ4v) is 1.97. The van der Waals surface area contributed by atoms with Gasteiger partial charge in [0.2, 0.25) is 0 Å². The molecule has 0 fully saturated rings. The molecule has 0 saturated heterocycles. The summed E-state index contributed by atoms with van der Waals surface area (Å²) in [7, 11) is 2.68. The zero-order valence-electron chi connectivity index (χ0n) is 11.3. The number of carbonyl (C=O) groups is 1. The summed E-state index contributed by atoms with van der Waals surface area (Å²) in [6.45, 7) is 0. The van der Waals surface area contributed by atoms with Crippen molar-refractivity contribution in [2.45, 2.75) is 0 Å². The summed E-state index contributed by atoms with van der Waals surface area (Å²) in [6.07, 6.45) is 0. The van der Waals surface area contributed by atoms with E-state index in [2.05, 4.69) is 0 Å². The Balaban J connectivity index is 2.66. The van der Waals surface area contributed by atoms with Gasteiger partial charge in [0.05, 0.1) is 14.2 Å². The topological polar surface area (TPSA) is 55.8 Å². The van der Waals surface area contributed by atoms with Crippen LogP contribution in [0.25, 0.3) is 11.1 Å². The highest BCUT2D eigenvalue weighted by molar-refractivity contribution is 5.94. The summed E-state index contributed by atoms with van der Waals surface area (Å²) in [4.78, 5) is 11.3. The summed E-state index contributed by atoms with van der Waals surface area (Å²) in [5.41, 5.74) is 0.581. The molecule has 0 aromatic heterocycles. The quantitative estimate of drug-likeness (QED) is 0.939. The van der Waals surface area contributed by atoms with Crippen LogP contribution in [0.5, 0.6) is 11.5 Å². The van der Waals surface area contributed by atoms with Gasteiger partial charge in [0.25, 0.3) is 0 Å². The largest absolute Gasteiger partial charge is 0.493 e. The van der Waals surface area contributed by atoms with E-state index in [9.17, 15) is 18.7 Å². The highest BCUT2D eigenvalue weighted by Crippen LogP contribution is 2.36. The SMILES string of the molecule is COc1cc(-c2ccc(F)c(F)c2)cc(C(=O)O)c1OC.